The smallest absolute Gasteiger partial charge is 0.0426 e. The Kier molecular flexibility index (Phi) is 3.77. The summed E-state index contributed by atoms with van der Waals surface area (Å²) in [6.45, 7) is 0. The number of rotatable bonds is 2. The first-order valence-corrected chi connectivity index (χ1v) is 7.10. The van der Waals surface area contributed by atoms with Crippen molar-refractivity contribution >= 4 is 23.2 Å². The highest BCUT2D eigenvalue weighted by Crippen LogP contribution is 2.29. The minimum Gasteiger partial charge on any atom is -0.0843 e. The van der Waals surface area contributed by atoms with E-state index in [2.05, 4.69) is 36.4 Å². The number of benzene rings is 3. The quantitative estimate of drug-likeness (QED) is 0.519. The van der Waals surface area contributed by atoms with Gasteiger partial charge in [-0.15, -0.1) is 0 Å². The summed E-state index contributed by atoms with van der Waals surface area (Å²) in [5.74, 6) is 0. The molecule has 0 atom stereocenters. The van der Waals surface area contributed by atoms with Crippen LogP contribution in [0, 0.1) is 0 Å². The fourth-order valence-corrected chi connectivity index (χ4v) is 2.73. The van der Waals surface area contributed by atoms with Crippen molar-refractivity contribution in [1.82, 2.24) is 0 Å². The van der Waals surface area contributed by atoms with Crippen LogP contribution in [0.5, 0.6) is 0 Å². The Morgan fingerprint density at radius 1 is 0.450 bits per heavy atom. The molecule has 0 aromatic heterocycles. The Bertz CT molecular complexity index is 696. The Labute approximate surface area is 128 Å². The fourth-order valence-electron chi connectivity index (χ4n) is 2.21. The third-order valence-corrected chi connectivity index (χ3v) is 3.62. The molecule has 0 aliphatic rings. The first-order valence-electron chi connectivity index (χ1n) is 6.34. The largest absolute Gasteiger partial charge is 0.0843 e. The number of hydrogen-bond acceptors (Lipinski definition) is 0. The van der Waals surface area contributed by atoms with E-state index in [4.69, 9.17) is 23.2 Å². The molecule has 20 heavy (non-hydrogen) atoms. The van der Waals surface area contributed by atoms with E-state index in [0.29, 0.717) is 10.0 Å². The molecule has 0 aliphatic carbocycles. The molecule has 0 spiro atoms. The van der Waals surface area contributed by atoms with Gasteiger partial charge in [-0.1, -0.05) is 77.8 Å². The zero-order valence-electron chi connectivity index (χ0n) is 10.7. The predicted molar refractivity (Wildman–Crippen MR) is 87.3 cm³/mol. The highest BCUT2D eigenvalue weighted by molar-refractivity contribution is 6.35. The fraction of sp³-hybridized carbons (Fsp3) is 0. The van der Waals surface area contributed by atoms with E-state index in [0.717, 1.165) is 11.1 Å². The van der Waals surface area contributed by atoms with Gasteiger partial charge in [0.15, 0.2) is 0 Å². The average molecular weight is 299 g/mol. The third kappa shape index (κ3) is 2.87. The normalized spacial score (nSPS) is 10.5. The van der Waals surface area contributed by atoms with Crippen LogP contribution in [0.4, 0.5) is 0 Å². The summed E-state index contributed by atoms with van der Waals surface area (Å²) < 4.78 is 0. The Hall–Kier alpha value is -1.76. The number of halogens is 2. The summed E-state index contributed by atoms with van der Waals surface area (Å²) in [5.41, 5.74) is 4.54. The van der Waals surface area contributed by atoms with Crippen molar-refractivity contribution in [3.63, 3.8) is 0 Å². The summed E-state index contributed by atoms with van der Waals surface area (Å²) in [6, 6.07) is 24.3. The monoisotopic (exact) mass is 298 g/mol. The third-order valence-electron chi connectivity index (χ3n) is 3.19. The standard InChI is InChI=1S/C18H12Cl2/c19-17-10-16(11-18(20)12-17)15-8-6-14(7-9-15)13-4-2-1-3-5-13/h1-12H. The van der Waals surface area contributed by atoms with Crippen LogP contribution in [0.3, 0.4) is 0 Å². The second-order valence-corrected chi connectivity index (χ2v) is 5.47. The summed E-state index contributed by atoms with van der Waals surface area (Å²) in [4.78, 5) is 0. The lowest BCUT2D eigenvalue weighted by Gasteiger charge is -2.06. The minimum atomic E-state index is 0.652. The lowest BCUT2D eigenvalue weighted by Crippen LogP contribution is -1.81. The molecule has 0 aliphatic heterocycles. The second kappa shape index (κ2) is 5.70. The molecule has 0 radical (unpaired) electrons. The van der Waals surface area contributed by atoms with Gasteiger partial charge in [0.05, 0.1) is 0 Å². The first-order chi connectivity index (χ1) is 9.72. The zero-order chi connectivity index (χ0) is 13.9. The van der Waals surface area contributed by atoms with Gasteiger partial charge in [-0.05, 0) is 40.5 Å². The Morgan fingerprint density at radius 2 is 0.900 bits per heavy atom. The number of hydrogen-bond donors (Lipinski definition) is 0. The van der Waals surface area contributed by atoms with Gasteiger partial charge in [0.2, 0.25) is 0 Å². The van der Waals surface area contributed by atoms with Crippen molar-refractivity contribution in [2.45, 2.75) is 0 Å². The van der Waals surface area contributed by atoms with Crippen LogP contribution in [0.15, 0.2) is 72.8 Å². The van der Waals surface area contributed by atoms with E-state index in [1.807, 2.05) is 30.3 Å². The zero-order valence-corrected chi connectivity index (χ0v) is 12.2. The highest BCUT2D eigenvalue weighted by atomic mass is 35.5. The van der Waals surface area contributed by atoms with E-state index in [1.165, 1.54) is 11.1 Å². The Balaban J connectivity index is 1.97. The SMILES string of the molecule is Clc1cc(Cl)cc(-c2ccc(-c3ccccc3)cc2)c1. The van der Waals surface area contributed by atoms with Gasteiger partial charge in [-0.2, -0.15) is 0 Å². The molecule has 0 nitrogen and oxygen atoms in total. The Morgan fingerprint density at radius 3 is 1.45 bits per heavy atom. The van der Waals surface area contributed by atoms with Crippen molar-refractivity contribution in [1.29, 1.82) is 0 Å². The van der Waals surface area contributed by atoms with E-state index >= 15 is 0 Å². The lowest BCUT2D eigenvalue weighted by molar-refractivity contribution is 1.59. The van der Waals surface area contributed by atoms with Crippen LogP contribution in [0.25, 0.3) is 22.3 Å². The topological polar surface area (TPSA) is 0 Å². The van der Waals surface area contributed by atoms with Crippen LogP contribution >= 0.6 is 23.2 Å². The van der Waals surface area contributed by atoms with Crippen molar-refractivity contribution in [3.8, 4) is 22.3 Å². The molecule has 0 saturated heterocycles. The summed E-state index contributed by atoms with van der Waals surface area (Å²) in [7, 11) is 0. The summed E-state index contributed by atoms with van der Waals surface area (Å²) >= 11 is 12.1. The second-order valence-electron chi connectivity index (χ2n) is 4.60. The van der Waals surface area contributed by atoms with E-state index in [1.54, 1.807) is 6.07 Å². The maximum Gasteiger partial charge on any atom is 0.0426 e. The van der Waals surface area contributed by atoms with E-state index in [9.17, 15) is 0 Å². The molecular weight excluding hydrogens is 287 g/mol. The molecular formula is C18H12Cl2. The van der Waals surface area contributed by atoms with Gasteiger partial charge < -0.3 is 0 Å². The van der Waals surface area contributed by atoms with Crippen LogP contribution < -0.4 is 0 Å². The molecule has 0 bridgehead atoms. The van der Waals surface area contributed by atoms with Crippen molar-refractivity contribution in [2.75, 3.05) is 0 Å². The first kappa shape index (κ1) is 13.2. The van der Waals surface area contributed by atoms with Crippen LogP contribution in [-0.4, -0.2) is 0 Å². The minimum absolute atomic E-state index is 0.652. The molecule has 0 fully saturated rings. The van der Waals surface area contributed by atoms with Crippen LogP contribution in [0.1, 0.15) is 0 Å². The summed E-state index contributed by atoms with van der Waals surface area (Å²) in [5, 5.41) is 1.30. The molecule has 0 N–H and O–H groups in total. The lowest BCUT2D eigenvalue weighted by atomic mass is 10.0. The molecule has 0 unspecified atom stereocenters. The van der Waals surface area contributed by atoms with E-state index in [-0.39, 0.29) is 0 Å². The van der Waals surface area contributed by atoms with Gasteiger partial charge in [0.1, 0.15) is 0 Å². The van der Waals surface area contributed by atoms with Gasteiger partial charge in [0.25, 0.3) is 0 Å². The van der Waals surface area contributed by atoms with Gasteiger partial charge >= 0.3 is 0 Å². The van der Waals surface area contributed by atoms with Crippen molar-refractivity contribution in [3.05, 3.63) is 82.8 Å². The summed E-state index contributed by atoms with van der Waals surface area (Å²) in [6.07, 6.45) is 0. The van der Waals surface area contributed by atoms with Crippen LogP contribution in [0.2, 0.25) is 10.0 Å². The maximum absolute atomic E-state index is 6.04. The van der Waals surface area contributed by atoms with Gasteiger partial charge in [-0.25, -0.2) is 0 Å². The van der Waals surface area contributed by atoms with E-state index < -0.39 is 0 Å². The molecule has 3 aromatic rings. The van der Waals surface area contributed by atoms with Gasteiger partial charge in [-0.3, -0.25) is 0 Å². The molecule has 3 rings (SSSR count). The molecule has 98 valence electrons. The van der Waals surface area contributed by atoms with Gasteiger partial charge in [0, 0.05) is 10.0 Å². The average Bonchev–Trinajstić information content (AvgIpc) is 2.47. The van der Waals surface area contributed by atoms with Crippen molar-refractivity contribution in [2.24, 2.45) is 0 Å². The van der Waals surface area contributed by atoms with Crippen molar-refractivity contribution < 1.29 is 0 Å². The highest BCUT2D eigenvalue weighted by Gasteiger charge is 2.02. The molecule has 3 aromatic carbocycles. The van der Waals surface area contributed by atoms with Crippen LogP contribution in [-0.2, 0) is 0 Å². The molecule has 2 heteroatoms. The predicted octanol–water partition coefficient (Wildman–Crippen LogP) is 6.33. The molecule has 0 heterocycles. The molecule has 0 saturated carbocycles. The molecule has 0 amide bonds. The maximum atomic E-state index is 6.04.